The third kappa shape index (κ3) is 2.71. The molecule has 18 heavy (non-hydrogen) atoms. The lowest BCUT2D eigenvalue weighted by Crippen LogP contribution is -2.07. The third-order valence-electron chi connectivity index (χ3n) is 3.01. The summed E-state index contributed by atoms with van der Waals surface area (Å²) in [4.78, 5) is 4.64. The molecule has 0 atom stereocenters. The molecule has 0 aromatic heterocycles. The van der Waals surface area contributed by atoms with Crippen molar-refractivity contribution in [3.63, 3.8) is 0 Å². The average molecular weight is 272 g/mol. The van der Waals surface area contributed by atoms with E-state index in [9.17, 15) is 0 Å². The molecule has 0 amide bonds. The largest absolute Gasteiger partial charge is 0.489 e. The number of rotatable bonds is 4. The second-order valence-electron chi connectivity index (χ2n) is 4.18. The van der Waals surface area contributed by atoms with Gasteiger partial charge in [-0.2, -0.15) is 0 Å². The minimum Gasteiger partial charge on any atom is -0.489 e. The molecule has 0 spiro atoms. The number of nitrogens with two attached hydrogens (primary N) is 1. The van der Waals surface area contributed by atoms with Gasteiger partial charge < -0.3 is 14.3 Å². The molecule has 0 aliphatic carbocycles. The molecule has 4 nitrogen and oxygen atoms in total. The van der Waals surface area contributed by atoms with Crippen LogP contribution in [0.1, 0.15) is 24.5 Å². The molecule has 0 saturated carbocycles. The molecule has 0 unspecified atom stereocenters. The van der Waals surface area contributed by atoms with Gasteiger partial charge in [-0.3, -0.25) is 0 Å². The van der Waals surface area contributed by atoms with Crippen molar-refractivity contribution in [2.75, 3.05) is 19.8 Å². The minimum absolute atomic E-state index is 0.461. The SMILES string of the molecule is CCc1c(CCON)cc(Cl)c2c1OCCCO2. The van der Waals surface area contributed by atoms with Crippen LogP contribution in [0.25, 0.3) is 0 Å². The first-order valence-electron chi connectivity index (χ1n) is 6.19. The van der Waals surface area contributed by atoms with Crippen molar-refractivity contribution in [1.82, 2.24) is 0 Å². The van der Waals surface area contributed by atoms with E-state index in [4.69, 9.17) is 27.0 Å². The lowest BCUT2D eigenvalue weighted by molar-refractivity contribution is 0.141. The molecule has 100 valence electrons. The smallest absolute Gasteiger partial charge is 0.180 e. The zero-order chi connectivity index (χ0) is 13.0. The topological polar surface area (TPSA) is 53.7 Å². The van der Waals surface area contributed by atoms with E-state index < -0.39 is 0 Å². The van der Waals surface area contributed by atoms with Crippen LogP contribution in [0.15, 0.2) is 6.07 Å². The molecule has 2 rings (SSSR count). The summed E-state index contributed by atoms with van der Waals surface area (Å²) >= 11 is 6.25. The normalized spacial score (nSPS) is 14.4. The Labute approximate surface area is 112 Å². The van der Waals surface area contributed by atoms with Crippen molar-refractivity contribution in [2.24, 2.45) is 5.90 Å². The first-order valence-corrected chi connectivity index (χ1v) is 6.57. The highest BCUT2D eigenvalue weighted by molar-refractivity contribution is 6.32. The summed E-state index contributed by atoms with van der Waals surface area (Å²) < 4.78 is 11.5. The van der Waals surface area contributed by atoms with Crippen LogP contribution in [-0.2, 0) is 17.7 Å². The van der Waals surface area contributed by atoms with Crippen LogP contribution < -0.4 is 15.4 Å². The minimum atomic E-state index is 0.461. The molecule has 1 heterocycles. The Bertz CT molecular complexity index is 423. The van der Waals surface area contributed by atoms with Crippen LogP contribution in [0, 0.1) is 0 Å². The standard InChI is InChI=1S/C13H18ClNO3/c1-2-10-9(4-7-18-15)8-11(14)13-12(10)16-5-3-6-17-13/h8H,2-7,15H2,1H3. The summed E-state index contributed by atoms with van der Waals surface area (Å²) in [6, 6.07) is 1.92. The number of halogens is 1. The lowest BCUT2D eigenvalue weighted by atomic mass is 10.0. The summed E-state index contributed by atoms with van der Waals surface area (Å²) in [5.41, 5.74) is 2.24. The fourth-order valence-corrected chi connectivity index (χ4v) is 2.44. The summed E-state index contributed by atoms with van der Waals surface area (Å²) in [5.74, 6) is 6.54. The van der Waals surface area contributed by atoms with E-state index in [0.29, 0.717) is 30.6 Å². The molecular weight excluding hydrogens is 254 g/mol. The Morgan fingerprint density at radius 1 is 1.33 bits per heavy atom. The maximum absolute atomic E-state index is 6.25. The number of fused-ring (bicyclic) bond motifs is 1. The molecule has 0 saturated heterocycles. The van der Waals surface area contributed by atoms with Gasteiger partial charge in [-0.05, 0) is 24.5 Å². The van der Waals surface area contributed by atoms with Crippen molar-refractivity contribution in [1.29, 1.82) is 0 Å². The monoisotopic (exact) mass is 271 g/mol. The van der Waals surface area contributed by atoms with Crippen molar-refractivity contribution in [3.8, 4) is 11.5 Å². The first-order chi connectivity index (χ1) is 8.77. The van der Waals surface area contributed by atoms with Gasteiger partial charge in [0.15, 0.2) is 11.5 Å². The maximum Gasteiger partial charge on any atom is 0.180 e. The van der Waals surface area contributed by atoms with Crippen LogP contribution in [0.4, 0.5) is 0 Å². The van der Waals surface area contributed by atoms with Gasteiger partial charge in [0.25, 0.3) is 0 Å². The Morgan fingerprint density at radius 3 is 2.72 bits per heavy atom. The van der Waals surface area contributed by atoms with Gasteiger partial charge in [0.05, 0.1) is 24.8 Å². The van der Waals surface area contributed by atoms with Gasteiger partial charge in [-0.15, -0.1) is 0 Å². The lowest BCUT2D eigenvalue weighted by Gasteiger charge is -2.17. The average Bonchev–Trinajstić information content (AvgIpc) is 2.62. The molecule has 1 aliphatic rings. The predicted molar refractivity (Wildman–Crippen MR) is 70.3 cm³/mol. The van der Waals surface area contributed by atoms with Crippen LogP contribution in [0.3, 0.4) is 0 Å². The molecule has 0 bridgehead atoms. The van der Waals surface area contributed by atoms with E-state index >= 15 is 0 Å². The third-order valence-corrected chi connectivity index (χ3v) is 3.29. The van der Waals surface area contributed by atoms with E-state index in [1.54, 1.807) is 0 Å². The summed E-state index contributed by atoms with van der Waals surface area (Å²) in [7, 11) is 0. The van der Waals surface area contributed by atoms with Crippen molar-refractivity contribution >= 4 is 11.6 Å². The van der Waals surface area contributed by atoms with Crippen LogP contribution in [0.5, 0.6) is 11.5 Å². The van der Waals surface area contributed by atoms with Crippen LogP contribution in [0.2, 0.25) is 5.02 Å². The summed E-state index contributed by atoms with van der Waals surface area (Å²) in [6.07, 6.45) is 2.45. The Morgan fingerprint density at radius 2 is 2.06 bits per heavy atom. The highest BCUT2D eigenvalue weighted by Crippen LogP contribution is 2.42. The Balaban J connectivity index is 2.43. The number of hydrogen-bond donors (Lipinski definition) is 1. The molecule has 1 aliphatic heterocycles. The fraction of sp³-hybridized carbons (Fsp3) is 0.538. The fourth-order valence-electron chi connectivity index (χ4n) is 2.17. The van der Waals surface area contributed by atoms with Crippen LogP contribution in [-0.4, -0.2) is 19.8 Å². The van der Waals surface area contributed by atoms with Gasteiger partial charge in [0.2, 0.25) is 0 Å². The molecule has 1 aromatic carbocycles. The molecule has 2 N–H and O–H groups in total. The predicted octanol–water partition coefficient (Wildman–Crippen LogP) is 2.50. The Kier molecular flexibility index (Phi) is 4.69. The van der Waals surface area contributed by atoms with Crippen molar-refractivity contribution < 1.29 is 14.3 Å². The maximum atomic E-state index is 6.25. The van der Waals surface area contributed by atoms with Crippen LogP contribution >= 0.6 is 11.6 Å². The van der Waals surface area contributed by atoms with E-state index in [1.165, 1.54) is 0 Å². The number of benzene rings is 1. The number of hydrogen-bond acceptors (Lipinski definition) is 4. The van der Waals surface area contributed by atoms with Crippen molar-refractivity contribution in [3.05, 3.63) is 22.2 Å². The van der Waals surface area contributed by atoms with E-state index in [2.05, 4.69) is 11.8 Å². The van der Waals surface area contributed by atoms with Gasteiger partial charge in [-0.1, -0.05) is 18.5 Å². The Hall–Kier alpha value is -0.970. The van der Waals surface area contributed by atoms with Gasteiger partial charge in [0.1, 0.15) is 0 Å². The molecular formula is C13H18ClNO3. The molecule has 1 aromatic rings. The van der Waals surface area contributed by atoms with Crippen molar-refractivity contribution in [2.45, 2.75) is 26.2 Å². The molecule has 5 heteroatoms. The van der Waals surface area contributed by atoms with Gasteiger partial charge in [0, 0.05) is 12.0 Å². The molecule has 0 radical (unpaired) electrons. The van der Waals surface area contributed by atoms with Gasteiger partial charge in [-0.25, -0.2) is 5.90 Å². The summed E-state index contributed by atoms with van der Waals surface area (Å²) in [5, 5.41) is 0.594. The highest BCUT2D eigenvalue weighted by Gasteiger charge is 2.20. The first kappa shape index (κ1) is 13.5. The van der Waals surface area contributed by atoms with E-state index in [0.717, 1.165) is 36.1 Å². The highest BCUT2D eigenvalue weighted by atomic mass is 35.5. The molecule has 0 fully saturated rings. The quantitative estimate of drug-likeness (QED) is 0.855. The second-order valence-corrected chi connectivity index (χ2v) is 4.59. The van der Waals surface area contributed by atoms with E-state index in [1.807, 2.05) is 6.07 Å². The summed E-state index contributed by atoms with van der Waals surface area (Å²) in [6.45, 7) is 3.85. The van der Waals surface area contributed by atoms with Gasteiger partial charge >= 0.3 is 0 Å². The second kappa shape index (κ2) is 6.27. The number of ether oxygens (including phenoxy) is 2. The zero-order valence-corrected chi connectivity index (χ0v) is 11.3. The van der Waals surface area contributed by atoms with E-state index in [-0.39, 0.29) is 0 Å². The zero-order valence-electron chi connectivity index (χ0n) is 10.5.